The van der Waals surface area contributed by atoms with E-state index in [-0.39, 0.29) is 0 Å². The van der Waals surface area contributed by atoms with Crippen LogP contribution in [0.4, 0.5) is 0 Å². The molecular formula is C10H24N4O2S. The van der Waals surface area contributed by atoms with Crippen molar-refractivity contribution in [2.24, 2.45) is 4.99 Å². The van der Waals surface area contributed by atoms with Gasteiger partial charge in [0.15, 0.2) is 5.96 Å². The van der Waals surface area contributed by atoms with E-state index in [4.69, 9.17) is 0 Å². The topological polar surface area (TPSA) is 82.6 Å². The molecule has 0 aromatic heterocycles. The minimum Gasteiger partial charge on any atom is -0.357 e. The summed E-state index contributed by atoms with van der Waals surface area (Å²) in [5.74, 6) is 0.786. The van der Waals surface area contributed by atoms with Gasteiger partial charge >= 0.3 is 0 Å². The standard InChI is InChI=1S/C10H24N4O2S/c1-4-7-12-10(11-5-2)13-8-6-9-14-17(3,15)16/h14H,4-9H2,1-3H3,(H2,11,12,13). The molecule has 7 heteroatoms. The molecule has 17 heavy (non-hydrogen) atoms. The zero-order valence-electron chi connectivity index (χ0n) is 10.9. The zero-order chi connectivity index (χ0) is 13.1. The number of rotatable bonds is 8. The van der Waals surface area contributed by atoms with Gasteiger partial charge in [-0.25, -0.2) is 13.1 Å². The summed E-state index contributed by atoms with van der Waals surface area (Å²) < 4.78 is 24.1. The van der Waals surface area contributed by atoms with E-state index in [0.717, 1.165) is 38.1 Å². The predicted molar refractivity (Wildman–Crippen MR) is 71.7 cm³/mol. The van der Waals surface area contributed by atoms with Gasteiger partial charge in [-0.1, -0.05) is 6.92 Å². The van der Waals surface area contributed by atoms with Crippen LogP contribution in [0, 0.1) is 0 Å². The van der Waals surface area contributed by atoms with E-state index in [0.29, 0.717) is 13.1 Å². The van der Waals surface area contributed by atoms with E-state index in [1.54, 1.807) is 0 Å². The van der Waals surface area contributed by atoms with Gasteiger partial charge in [-0.15, -0.1) is 0 Å². The van der Waals surface area contributed by atoms with Gasteiger partial charge in [0.25, 0.3) is 0 Å². The van der Waals surface area contributed by atoms with Crippen LogP contribution < -0.4 is 15.4 Å². The summed E-state index contributed by atoms with van der Waals surface area (Å²) in [5, 5.41) is 6.27. The molecule has 0 spiro atoms. The van der Waals surface area contributed by atoms with E-state index < -0.39 is 10.0 Å². The third kappa shape index (κ3) is 11.4. The smallest absolute Gasteiger partial charge is 0.208 e. The van der Waals surface area contributed by atoms with E-state index in [2.05, 4.69) is 27.3 Å². The van der Waals surface area contributed by atoms with E-state index in [1.807, 2.05) is 6.92 Å². The van der Waals surface area contributed by atoms with Crippen molar-refractivity contribution in [1.29, 1.82) is 0 Å². The van der Waals surface area contributed by atoms with Crippen molar-refractivity contribution < 1.29 is 8.42 Å². The van der Waals surface area contributed by atoms with Crippen molar-refractivity contribution >= 4 is 16.0 Å². The second-order valence-corrected chi connectivity index (χ2v) is 5.54. The Labute approximate surface area is 104 Å². The number of aliphatic imine (C=N–C) groups is 1. The molecule has 0 heterocycles. The Bertz CT molecular complexity index is 314. The maximum atomic E-state index is 10.8. The Kier molecular flexibility index (Phi) is 8.79. The van der Waals surface area contributed by atoms with Crippen molar-refractivity contribution in [1.82, 2.24) is 15.4 Å². The fourth-order valence-electron chi connectivity index (χ4n) is 1.12. The Balaban J connectivity index is 3.75. The van der Waals surface area contributed by atoms with Gasteiger partial charge < -0.3 is 10.6 Å². The Morgan fingerprint density at radius 2 is 1.88 bits per heavy atom. The lowest BCUT2D eigenvalue weighted by Gasteiger charge is -2.10. The van der Waals surface area contributed by atoms with E-state index in [1.165, 1.54) is 0 Å². The molecule has 0 aliphatic heterocycles. The zero-order valence-corrected chi connectivity index (χ0v) is 11.7. The lowest BCUT2D eigenvalue weighted by molar-refractivity contribution is 0.584. The first kappa shape index (κ1) is 16.2. The number of nitrogens with one attached hydrogen (secondary N) is 3. The van der Waals surface area contributed by atoms with Crippen LogP contribution >= 0.6 is 0 Å². The van der Waals surface area contributed by atoms with Crippen molar-refractivity contribution in [3.63, 3.8) is 0 Å². The summed E-state index contributed by atoms with van der Waals surface area (Å²) >= 11 is 0. The van der Waals surface area contributed by atoms with Crippen LogP contribution in [0.1, 0.15) is 26.7 Å². The average molecular weight is 264 g/mol. The first-order valence-corrected chi connectivity index (χ1v) is 7.85. The maximum Gasteiger partial charge on any atom is 0.208 e. The lowest BCUT2D eigenvalue weighted by Crippen LogP contribution is -2.38. The molecule has 0 amide bonds. The second-order valence-electron chi connectivity index (χ2n) is 3.71. The van der Waals surface area contributed by atoms with Crippen molar-refractivity contribution in [2.75, 3.05) is 32.4 Å². The van der Waals surface area contributed by atoms with Crippen molar-refractivity contribution in [3.05, 3.63) is 0 Å². The molecule has 0 radical (unpaired) electrons. The molecule has 0 aliphatic carbocycles. The minimum absolute atomic E-state index is 0.443. The summed E-state index contributed by atoms with van der Waals surface area (Å²) in [7, 11) is -3.07. The average Bonchev–Trinajstić information content (AvgIpc) is 2.23. The first-order valence-electron chi connectivity index (χ1n) is 5.96. The highest BCUT2D eigenvalue weighted by molar-refractivity contribution is 7.88. The van der Waals surface area contributed by atoms with Crippen LogP contribution in [0.25, 0.3) is 0 Å². The monoisotopic (exact) mass is 264 g/mol. The molecule has 0 fully saturated rings. The Morgan fingerprint density at radius 1 is 1.18 bits per heavy atom. The summed E-state index contributed by atoms with van der Waals surface area (Å²) in [4.78, 5) is 4.33. The van der Waals surface area contributed by atoms with E-state index in [9.17, 15) is 8.42 Å². The van der Waals surface area contributed by atoms with Crippen LogP contribution in [0.15, 0.2) is 4.99 Å². The van der Waals surface area contributed by atoms with E-state index >= 15 is 0 Å². The molecule has 0 aliphatic rings. The lowest BCUT2D eigenvalue weighted by atomic mass is 10.4. The minimum atomic E-state index is -3.07. The normalized spacial score (nSPS) is 12.5. The highest BCUT2D eigenvalue weighted by Gasteiger charge is 1.99. The number of sulfonamides is 1. The molecule has 3 N–H and O–H groups in total. The molecule has 0 rings (SSSR count). The number of nitrogens with zero attached hydrogens (tertiary/aromatic N) is 1. The highest BCUT2D eigenvalue weighted by atomic mass is 32.2. The quantitative estimate of drug-likeness (QED) is 0.324. The molecule has 0 unspecified atom stereocenters. The molecule has 0 bridgehead atoms. The summed E-state index contributed by atoms with van der Waals surface area (Å²) in [5.41, 5.74) is 0. The molecule has 102 valence electrons. The van der Waals surface area contributed by atoms with Gasteiger partial charge in [0, 0.05) is 26.2 Å². The van der Waals surface area contributed by atoms with Crippen molar-refractivity contribution in [3.8, 4) is 0 Å². The molecule has 6 nitrogen and oxygen atoms in total. The van der Waals surface area contributed by atoms with Gasteiger partial charge in [-0.05, 0) is 19.8 Å². The maximum absolute atomic E-state index is 10.8. The molecule has 0 aromatic carbocycles. The molecule has 0 saturated carbocycles. The van der Waals surface area contributed by atoms with Crippen LogP contribution in [0.2, 0.25) is 0 Å². The SMILES string of the molecule is CCCN=C(NCC)NCCCNS(C)(=O)=O. The molecule has 0 atom stereocenters. The highest BCUT2D eigenvalue weighted by Crippen LogP contribution is 1.81. The van der Waals surface area contributed by atoms with Gasteiger partial charge in [-0.3, -0.25) is 4.99 Å². The fourth-order valence-corrected chi connectivity index (χ4v) is 1.63. The third-order valence-corrected chi connectivity index (χ3v) is 2.58. The summed E-state index contributed by atoms with van der Waals surface area (Å²) in [6, 6.07) is 0. The van der Waals surface area contributed by atoms with Gasteiger partial charge in [-0.2, -0.15) is 0 Å². The van der Waals surface area contributed by atoms with Crippen molar-refractivity contribution in [2.45, 2.75) is 26.7 Å². The molecule has 0 aromatic rings. The molecule has 0 saturated heterocycles. The Morgan fingerprint density at radius 3 is 2.41 bits per heavy atom. The summed E-state index contributed by atoms with van der Waals surface area (Å²) in [6.45, 7) is 6.82. The summed E-state index contributed by atoms with van der Waals surface area (Å²) in [6.07, 6.45) is 2.89. The van der Waals surface area contributed by atoms with Crippen LogP contribution in [0.5, 0.6) is 0 Å². The van der Waals surface area contributed by atoms with Crippen LogP contribution in [0.3, 0.4) is 0 Å². The van der Waals surface area contributed by atoms with Gasteiger partial charge in [0.2, 0.25) is 10.0 Å². The third-order valence-electron chi connectivity index (χ3n) is 1.85. The number of hydrogen-bond donors (Lipinski definition) is 3. The predicted octanol–water partition coefficient (Wildman–Crippen LogP) is -0.109. The number of guanidine groups is 1. The van der Waals surface area contributed by atoms with Crippen LogP contribution in [-0.2, 0) is 10.0 Å². The van der Waals surface area contributed by atoms with Gasteiger partial charge in [0.05, 0.1) is 6.26 Å². The van der Waals surface area contributed by atoms with Gasteiger partial charge in [0.1, 0.15) is 0 Å². The van der Waals surface area contributed by atoms with Crippen LogP contribution in [-0.4, -0.2) is 46.8 Å². The fraction of sp³-hybridized carbons (Fsp3) is 0.900. The second kappa shape index (κ2) is 9.23. The Hall–Kier alpha value is -0.820. The molecular weight excluding hydrogens is 240 g/mol. The number of hydrogen-bond acceptors (Lipinski definition) is 3. The first-order chi connectivity index (χ1) is 7.99. The largest absolute Gasteiger partial charge is 0.357 e.